The van der Waals surface area contributed by atoms with E-state index >= 15 is 0 Å². The molecule has 1 aliphatic heterocycles. The van der Waals surface area contributed by atoms with E-state index in [0.717, 1.165) is 74.5 Å². The van der Waals surface area contributed by atoms with Crippen LogP contribution in [0.1, 0.15) is 25.3 Å². The summed E-state index contributed by atoms with van der Waals surface area (Å²) in [4.78, 5) is 10.4. The monoisotopic (exact) mass is 517 g/mol. The SMILES string of the molecule is CCNC(=NCCc1c[nH]c2ccc(F)cc12)NC1CCN(CCOC)CC1.I. The number of hydrogen-bond donors (Lipinski definition) is 3. The average Bonchev–Trinajstić information content (AvgIpc) is 3.09. The van der Waals surface area contributed by atoms with Crippen molar-refractivity contribution in [2.45, 2.75) is 32.2 Å². The summed E-state index contributed by atoms with van der Waals surface area (Å²) in [5.74, 6) is 0.660. The first-order chi connectivity index (χ1) is 13.7. The molecule has 0 bridgehead atoms. The van der Waals surface area contributed by atoms with Gasteiger partial charge in [0.05, 0.1) is 6.61 Å². The highest BCUT2D eigenvalue weighted by Crippen LogP contribution is 2.19. The van der Waals surface area contributed by atoms with Gasteiger partial charge in [-0.25, -0.2) is 4.39 Å². The molecule has 3 rings (SSSR count). The minimum atomic E-state index is -0.205. The van der Waals surface area contributed by atoms with E-state index in [0.29, 0.717) is 12.6 Å². The zero-order valence-electron chi connectivity index (χ0n) is 17.3. The first kappa shape index (κ1) is 23.9. The molecule has 1 fully saturated rings. The van der Waals surface area contributed by atoms with Gasteiger partial charge in [-0.1, -0.05) is 0 Å². The van der Waals surface area contributed by atoms with Gasteiger partial charge in [0.1, 0.15) is 5.82 Å². The van der Waals surface area contributed by atoms with Gasteiger partial charge in [0.15, 0.2) is 5.96 Å². The van der Waals surface area contributed by atoms with E-state index in [-0.39, 0.29) is 29.8 Å². The number of likely N-dealkylation sites (tertiary alicyclic amines) is 1. The smallest absolute Gasteiger partial charge is 0.191 e. The topological polar surface area (TPSA) is 64.7 Å². The molecule has 0 saturated carbocycles. The van der Waals surface area contributed by atoms with Crippen molar-refractivity contribution in [3.63, 3.8) is 0 Å². The zero-order chi connectivity index (χ0) is 19.8. The molecule has 0 unspecified atom stereocenters. The Morgan fingerprint density at radius 1 is 1.34 bits per heavy atom. The lowest BCUT2D eigenvalue weighted by atomic mass is 10.1. The van der Waals surface area contributed by atoms with Crippen LogP contribution in [0, 0.1) is 5.82 Å². The third-order valence-corrected chi connectivity index (χ3v) is 5.26. The molecule has 0 radical (unpaired) electrons. The molecule has 6 nitrogen and oxygen atoms in total. The zero-order valence-corrected chi connectivity index (χ0v) is 19.7. The van der Waals surface area contributed by atoms with Crippen molar-refractivity contribution >= 4 is 40.8 Å². The van der Waals surface area contributed by atoms with Crippen LogP contribution in [0.4, 0.5) is 4.39 Å². The standard InChI is InChI=1S/C21H32FN5O.HI/c1-3-23-21(26-18-7-10-27(11-8-18)12-13-28-2)24-9-6-16-15-25-20-5-4-17(22)14-19(16)20;/h4-5,14-15,18,25H,3,6-13H2,1-2H3,(H2,23,24,26);1H. The largest absolute Gasteiger partial charge is 0.383 e. The molecule has 162 valence electrons. The lowest BCUT2D eigenvalue weighted by molar-refractivity contribution is 0.128. The Labute approximate surface area is 189 Å². The molecule has 1 saturated heterocycles. The number of fused-ring (bicyclic) bond motifs is 1. The number of nitrogens with zero attached hydrogens (tertiary/aromatic N) is 2. The quantitative estimate of drug-likeness (QED) is 0.286. The van der Waals surface area contributed by atoms with Crippen molar-refractivity contribution in [3.05, 3.63) is 35.8 Å². The second-order valence-corrected chi connectivity index (χ2v) is 7.27. The molecule has 2 heterocycles. The van der Waals surface area contributed by atoms with Crippen molar-refractivity contribution in [2.75, 3.05) is 46.4 Å². The summed E-state index contributed by atoms with van der Waals surface area (Å²) >= 11 is 0. The van der Waals surface area contributed by atoms with Gasteiger partial charge >= 0.3 is 0 Å². The van der Waals surface area contributed by atoms with Gasteiger partial charge in [-0.05, 0) is 49.9 Å². The fourth-order valence-corrected chi connectivity index (χ4v) is 3.68. The number of halogens is 2. The molecule has 3 N–H and O–H groups in total. The van der Waals surface area contributed by atoms with Crippen LogP contribution >= 0.6 is 24.0 Å². The number of hydrogen-bond acceptors (Lipinski definition) is 3. The van der Waals surface area contributed by atoms with Crippen LogP contribution in [0.25, 0.3) is 10.9 Å². The molecule has 0 aliphatic carbocycles. The summed E-state index contributed by atoms with van der Waals surface area (Å²) in [7, 11) is 1.75. The first-order valence-corrected chi connectivity index (χ1v) is 10.2. The van der Waals surface area contributed by atoms with Crippen molar-refractivity contribution in [2.24, 2.45) is 4.99 Å². The summed E-state index contributed by atoms with van der Waals surface area (Å²) in [5.41, 5.74) is 2.06. The summed E-state index contributed by atoms with van der Waals surface area (Å²) in [5, 5.41) is 7.85. The molecule has 0 amide bonds. The number of nitrogens with one attached hydrogen (secondary N) is 3. The molecule has 0 spiro atoms. The number of rotatable bonds is 8. The molecular formula is C21H33FIN5O. The van der Waals surface area contributed by atoms with Gasteiger partial charge < -0.3 is 25.3 Å². The van der Waals surface area contributed by atoms with Crippen molar-refractivity contribution < 1.29 is 9.13 Å². The highest BCUT2D eigenvalue weighted by atomic mass is 127. The van der Waals surface area contributed by atoms with E-state index < -0.39 is 0 Å². The van der Waals surface area contributed by atoms with E-state index in [9.17, 15) is 4.39 Å². The van der Waals surface area contributed by atoms with E-state index in [1.165, 1.54) is 6.07 Å². The lowest BCUT2D eigenvalue weighted by Gasteiger charge is -2.32. The number of benzene rings is 1. The molecule has 29 heavy (non-hydrogen) atoms. The summed E-state index contributed by atoms with van der Waals surface area (Å²) in [6.45, 7) is 7.53. The fraction of sp³-hybridized carbons (Fsp3) is 0.571. The van der Waals surface area contributed by atoms with Crippen LogP contribution in [0.3, 0.4) is 0 Å². The first-order valence-electron chi connectivity index (χ1n) is 10.2. The Balaban J connectivity index is 0.00000300. The van der Waals surface area contributed by atoms with Gasteiger partial charge in [0.2, 0.25) is 0 Å². The minimum absolute atomic E-state index is 0. The van der Waals surface area contributed by atoms with Crippen molar-refractivity contribution in [1.82, 2.24) is 20.5 Å². The van der Waals surface area contributed by atoms with Crippen LogP contribution in [-0.4, -0.2) is 68.3 Å². The average molecular weight is 517 g/mol. The highest BCUT2D eigenvalue weighted by Gasteiger charge is 2.19. The maximum absolute atomic E-state index is 13.5. The third-order valence-electron chi connectivity index (χ3n) is 5.26. The van der Waals surface area contributed by atoms with E-state index in [1.807, 2.05) is 6.20 Å². The van der Waals surface area contributed by atoms with E-state index in [1.54, 1.807) is 19.2 Å². The number of guanidine groups is 1. The molecule has 1 aromatic heterocycles. The summed E-state index contributed by atoms with van der Waals surface area (Å²) in [6.07, 6.45) is 4.94. The molecule has 1 aliphatic rings. The van der Waals surface area contributed by atoms with Crippen LogP contribution in [-0.2, 0) is 11.2 Å². The van der Waals surface area contributed by atoms with Gasteiger partial charge in [-0.2, -0.15) is 0 Å². The predicted octanol–water partition coefficient (Wildman–Crippen LogP) is 3.13. The number of aromatic nitrogens is 1. The summed E-state index contributed by atoms with van der Waals surface area (Å²) in [6, 6.07) is 5.29. The second kappa shape index (κ2) is 12.3. The van der Waals surface area contributed by atoms with Gasteiger partial charge in [-0.15, -0.1) is 24.0 Å². The maximum atomic E-state index is 13.5. The number of aliphatic imine (C=N–C) groups is 1. The number of aromatic amines is 1. The molecule has 2 aromatic rings. The molecular weight excluding hydrogens is 484 g/mol. The number of piperidine rings is 1. The number of H-pyrrole nitrogens is 1. The number of ether oxygens (including phenoxy) is 1. The molecule has 1 aromatic carbocycles. The minimum Gasteiger partial charge on any atom is -0.383 e. The Kier molecular flexibility index (Phi) is 10.2. The van der Waals surface area contributed by atoms with Gasteiger partial charge in [-0.3, -0.25) is 4.99 Å². The molecule has 8 heteroatoms. The van der Waals surface area contributed by atoms with Crippen molar-refractivity contribution in [1.29, 1.82) is 0 Å². The predicted molar refractivity (Wildman–Crippen MR) is 128 cm³/mol. The third kappa shape index (κ3) is 7.11. The normalized spacial score (nSPS) is 16.0. The van der Waals surface area contributed by atoms with Crippen LogP contribution in [0.2, 0.25) is 0 Å². The van der Waals surface area contributed by atoms with Crippen LogP contribution in [0.5, 0.6) is 0 Å². The number of methoxy groups -OCH3 is 1. The highest BCUT2D eigenvalue weighted by molar-refractivity contribution is 14.0. The Morgan fingerprint density at radius 3 is 2.86 bits per heavy atom. The van der Waals surface area contributed by atoms with Gasteiger partial charge in [0.25, 0.3) is 0 Å². The summed E-state index contributed by atoms with van der Waals surface area (Å²) < 4.78 is 18.7. The van der Waals surface area contributed by atoms with Crippen LogP contribution in [0.15, 0.2) is 29.4 Å². The maximum Gasteiger partial charge on any atom is 0.191 e. The fourth-order valence-electron chi connectivity index (χ4n) is 3.68. The Bertz CT molecular complexity index is 774. The molecule has 0 atom stereocenters. The lowest BCUT2D eigenvalue weighted by Crippen LogP contribution is -2.49. The Hall–Kier alpha value is -1.39. The van der Waals surface area contributed by atoms with E-state index in [4.69, 9.17) is 9.73 Å². The van der Waals surface area contributed by atoms with Crippen molar-refractivity contribution in [3.8, 4) is 0 Å². The van der Waals surface area contributed by atoms with E-state index in [2.05, 4.69) is 27.4 Å². The van der Waals surface area contributed by atoms with Gasteiger partial charge in [0, 0.05) is 63.0 Å². The second-order valence-electron chi connectivity index (χ2n) is 7.27. The Morgan fingerprint density at radius 2 is 2.14 bits per heavy atom. The van der Waals surface area contributed by atoms with Crippen LogP contribution < -0.4 is 10.6 Å².